The number of rotatable bonds is 3. The molecule has 1 unspecified atom stereocenters. The van der Waals surface area contributed by atoms with Gasteiger partial charge in [0.1, 0.15) is 0 Å². The molecule has 1 saturated heterocycles. The number of anilines is 1. The highest BCUT2D eigenvalue weighted by molar-refractivity contribution is 6.00. The number of carbonyl (C=O) groups is 1. The molecule has 1 fully saturated rings. The predicted molar refractivity (Wildman–Crippen MR) is 78.9 cm³/mol. The molecule has 20 heavy (non-hydrogen) atoms. The maximum absolute atomic E-state index is 11.7. The number of ether oxygens (including phenoxy) is 1. The van der Waals surface area contributed by atoms with Crippen molar-refractivity contribution in [3.63, 3.8) is 0 Å². The Morgan fingerprint density at radius 3 is 2.85 bits per heavy atom. The van der Waals surface area contributed by atoms with Crippen LogP contribution >= 0.6 is 0 Å². The molecule has 1 aromatic carbocycles. The first-order chi connectivity index (χ1) is 9.65. The van der Waals surface area contributed by atoms with E-state index in [0.29, 0.717) is 12.5 Å². The quantitative estimate of drug-likeness (QED) is 0.917. The van der Waals surface area contributed by atoms with Crippen molar-refractivity contribution in [3.8, 4) is 0 Å². The second-order valence-corrected chi connectivity index (χ2v) is 5.75. The summed E-state index contributed by atoms with van der Waals surface area (Å²) in [6, 6.07) is 6.25. The van der Waals surface area contributed by atoms with Crippen LogP contribution in [0, 0.1) is 0 Å². The second-order valence-electron chi connectivity index (χ2n) is 5.75. The molecule has 2 aliphatic rings. The van der Waals surface area contributed by atoms with Crippen molar-refractivity contribution in [2.24, 2.45) is 0 Å². The molecule has 0 aliphatic carbocycles. The summed E-state index contributed by atoms with van der Waals surface area (Å²) in [6.07, 6.45) is 3.11. The van der Waals surface area contributed by atoms with Gasteiger partial charge in [-0.3, -0.25) is 4.79 Å². The molecule has 0 aromatic heterocycles. The van der Waals surface area contributed by atoms with Crippen LogP contribution in [0.2, 0.25) is 0 Å². The molecule has 0 bridgehead atoms. The highest BCUT2D eigenvalue weighted by Gasteiger charge is 2.25. The number of amides is 1. The van der Waals surface area contributed by atoms with E-state index in [1.165, 1.54) is 5.56 Å². The summed E-state index contributed by atoms with van der Waals surface area (Å²) in [4.78, 5) is 13.5. The van der Waals surface area contributed by atoms with E-state index in [1.807, 2.05) is 13.1 Å². The number of carbonyl (C=O) groups excluding carboxylic acids is 1. The number of fused-ring (bicyclic) bond motifs is 1. The fourth-order valence-corrected chi connectivity index (χ4v) is 3.04. The van der Waals surface area contributed by atoms with Crippen LogP contribution < -0.4 is 10.2 Å². The number of benzene rings is 1. The molecule has 0 radical (unpaired) electrons. The number of nitrogens with zero attached hydrogens (tertiary/aromatic N) is 1. The Kier molecular flexibility index (Phi) is 3.76. The zero-order chi connectivity index (χ0) is 14.1. The van der Waals surface area contributed by atoms with Crippen molar-refractivity contribution < 1.29 is 9.53 Å². The van der Waals surface area contributed by atoms with Crippen LogP contribution in [0.15, 0.2) is 18.2 Å². The number of hydrogen-bond donors (Lipinski definition) is 1. The summed E-state index contributed by atoms with van der Waals surface area (Å²) in [5, 5.41) is 3.35. The Hall–Kier alpha value is -1.39. The van der Waals surface area contributed by atoms with Gasteiger partial charge in [0.15, 0.2) is 0 Å². The lowest BCUT2D eigenvalue weighted by Gasteiger charge is -2.26. The van der Waals surface area contributed by atoms with E-state index in [9.17, 15) is 4.79 Å². The molecule has 1 N–H and O–H groups in total. The normalized spacial score (nSPS) is 21.1. The monoisotopic (exact) mass is 274 g/mol. The molecule has 2 heterocycles. The predicted octanol–water partition coefficient (Wildman–Crippen LogP) is 2.04. The number of hydrogen-bond acceptors (Lipinski definition) is 3. The number of piperidine rings is 1. The van der Waals surface area contributed by atoms with Gasteiger partial charge in [-0.15, -0.1) is 0 Å². The zero-order valence-corrected chi connectivity index (χ0v) is 12.2. The molecular formula is C16H22N2O2. The SMILES string of the molecule is CC(OC1CCNCC1)c1ccc2c(c1)CC(=O)N2C. The Bertz CT molecular complexity index is 509. The van der Waals surface area contributed by atoms with E-state index >= 15 is 0 Å². The van der Waals surface area contributed by atoms with Gasteiger partial charge in [-0.25, -0.2) is 0 Å². The lowest BCUT2D eigenvalue weighted by atomic mass is 10.0. The first-order valence-corrected chi connectivity index (χ1v) is 7.40. The van der Waals surface area contributed by atoms with Crippen LogP contribution in [0.4, 0.5) is 5.69 Å². The Morgan fingerprint density at radius 2 is 2.10 bits per heavy atom. The molecule has 1 aromatic rings. The molecule has 3 rings (SSSR count). The number of nitrogens with one attached hydrogen (secondary N) is 1. The van der Waals surface area contributed by atoms with Crippen LogP contribution in [0.5, 0.6) is 0 Å². The van der Waals surface area contributed by atoms with Gasteiger partial charge in [0, 0.05) is 12.7 Å². The van der Waals surface area contributed by atoms with Crippen LogP contribution in [-0.4, -0.2) is 32.1 Å². The van der Waals surface area contributed by atoms with E-state index in [-0.39, 0.29) is 12.0 Å². The van der Waals surface area contributed by atoms with Crippen LogP contribution in [0.25, 0.3) is 0 Å². The highest BCUT2D eigenvalue weighted by Crippen LogP contribution is 2.31. The fraction of sp³-hybridized carbons (Fsp3) is 0.562. The molecule has 0 spiro atoms. The van der Waals surface area contributed by atoms with Gasteiger partial charge >= 0.3 is 0 Å². The van der Waals surface area contributed by atoms with Gasteiger partial charge in [0.05, 0.1) is 18.6 Å². The topological polar surface area (TPSA) is 41.6 Å². The summed E-state index contributed by atoms with van der Waals surface area (Å²) >= 11 is 0. The zero-order valence-electron chi connectivity index (χ0n) is 12.2. The van der Waals surface area contributed by atoms with E-state index < -0.39 is 0 Å². The Balaban J connectivity index is 1.71. The third kappa shape index (κ3) is 2.58. The van der Waals surface area contributed by atoms with Crippen LogP contribution in [-0.2, 0) is 16.0 Å². The molecule has 2 aliphatic heterocycles. The van der Waals surface area contributed by atoms with Crippen molar-refractivity contribution in [1.82, 2.24) is 5.32 Å². The summed E-state index contributed by atoms with van der Waals surface area (Å²) in [5.41, 5.74) is 3.33. The highest BCUT2D eigenvalue weighted by atomic mass is 16.5. The van der Waals surface area contributed by atoms with Gasteiger partial charge in [0.2, 0.25) is 5.91 Å². The largest absolute Gasteiger partial charge is 0.370 e. The maximum atomic E-state index is 11.7. The molecule has 1 amide bonds. The van der Waals surface area contributed by atoms with Crippen molar-refractivity contribution in [2.45, 2.75) is 38.4 Å². The van der Waals surface area contributed by atoms with E-state index in [0.717, 1.165) is 37.2 Å². The van der Waals surface area contributed by atoms with Gasteiger partial charge in [-0.05, 0) is 50.0 Å². The minimum absolute atomic E-state index is 0.0874. The third-order valence-corrected chi connectivity index (χ3v) is 4.33. The first-order valence-electron chi connectivity index (χ1n) is 7.40. The average molecular weight is 274 g/mol. The van der Waals surface area contributed by atoms with Crippen LogP contribution in [0.1, 0.15) is 37.0 Å². The molecule has 108 valence electrons. The maximum Gasteiger partial charge on any atom is 0.231 e. The van der Waals surface area contributed by atoms with Crippen LogP contribution in [0.3, 0.4) is 0 Å². The van der Waals surface area contributed by atoms with Crippen molar-refractivity contribution >= 4 is 11.6 Å². The third-order valence-electron chi connectivity index (χ3n) is 4.33. The fourth-order valence-electron chi connectivity index (χ4n) is 3.04. The first kappa shape index (κ1) is 13.6. The molecule has 0 saturated carbocycles. The lowest BCUT2D eigenvalue weighted by molar-refractivity contribution is -0.117. The van der Waals surface area contributed by atoms with Gasteiger partial charge in [-0.2, -0.15) is 0 Å². The lowest BCUT2D eigenvalue weighted by Crippen LogP contribution is -2.33. The minimum atomic E-state index is 0.0874. The average Bonchev–Trinajstić information content (AvgIpc) is 2.74. The minimum Gasteiger partial charge on any atom is -0.370 e. The van der Waals surface area contributed by atoms with Crippen molar-refractivity contribution in [2.75, 3.05) is 25.0 Å². The van der Waals surface area contributed by atoms with Gasteiger partial charge in [0.25, 0.3) is 0 Å². The Labute approximate surface area is 120 Å². The second kappa shape index (κ2) is 5.54. The van der Waals surface area contributed by atoms with E-state index in [4.69, 9.17) is 4.74 Å². The van der Waals surface area contributed by atoms with E-state index in [1.54, 1.807) is 4.90 Å². The summed E-state index contributed by atoms with van der Waals surface area (Å²) < 4.78 is 6.15. The summed E-state index contributed by atoms with van der Waals surface area (Å²) in [5.74, 6) is 0.170. The smallest absolute Gasteiger partial charge is 0.231 e. The molecule has 4 nitrogen and oxygen atoms in total. The van der Waals surface area contributed by atoms with E-state index in [2.05, 4.69) is 24.4 Å². The Morgan fingerprint density at radius 1 is 1.35 bits per heavy atom. The van der Waals surface area contributed by atoms with Crippen molar-refractivity contribution in [1.29, 1.82) is 0 Å². The summed E-state index contributed by atoms with van der Waals surface area (Å²) in [7, 11) is 1.84. The van der Waals surface area contributed by atoms with Gasteiger partial charge < -0.3 is 15.0 Å². The van der Waals surface area contributed by atoms with Crippen molar-refractivity contribution in [3.05, 3.63) is 29.3 Å². The standard InChI is InChI=1S/C16H22N2O2/c1-11(20-14-5-7-17-8-6-14)12-3-4-15-13(9-12)10-16(19)18(15)2/h3-4,9,11,14,17H,5-8,10H2,1-2H3. The van der Waals surface area contributed by atoms with Gasteiger partial charge in [-0.1, -0.05) is 12.1 Å². The number of likely N-dealkylation sites (N-methyl/N-ethyl adjacent to an activating group) is 1. The molecular weight excluding hydrogens is 252 g/mol. The summed E-state index contributed by atoms with van der Waals surface area (Å²) in [6.45, 7) is 4.19. The molecule has 1 atom stereocenters. The molecule has 4 heteroatoms.